The van der Waals surface area contributed by atoms with Crippen LogP contribution in [0.4, 0.5) is 0 Å². The van der Waals surface area contributed by atoms with Crippen LogP contribution in [0.1, 0.15) is 51.9 Å². The lowest BCUT2D eigenvalue weighted by molar-refractivity contribution is 0.126. The molecule has 0 saturated heterocycles. The number of unbranched alkanes of at least 4 members (excludes halogenated alkanes) is 5. The number of rotatable bonds is 11. The fourth-order valence-electron chi connectivity index (χ4n) is 1.39. The van der Waals surface area contributed by atoms with E-state index in [1.165, 1.54) is 38.5 Å². The Morgan fingerprint density at radius 2 is 1.73 bits per heavy atom. The van der Waals surface area contributed by atoms with Gasteiger partial charge in [0, 0.05) is 13.2 Å². The molecule has 1 nitrogen and oxygen atoms in total. The van der Waals surface area contributed by atoms with Crippen molar-refractivity contribution in [2.75, 3.05) is 13.2 Å². The molecule has 0 rings (SSSR count). The smallest absolute Gasteiger partial charge is 0.0466 e. The van der Waals surface area contributed by atoms with Gasteiger partial charge in [-0.25, -0.2) is 0 Å². The molecule has 0 bridgehead atoms. The van der Waals surface area contributed by atoms with Crippen molar-refractivity contribution < 1.29 is 4.74 Å². The van der Waals surface area contributed by atoms with Gasteiger partial charge in [0.15, 0.2) is 0 Å². The standard InChI is InChI=1S/C14H26O/c1-3-5-7-9-10-12-14-15-13-11-8-6-4-2/h3,5,7H,1,4,6,8-14H2,2H3. The van der Waals surface area contributed by atoms with Crippen LogP contribution in [0.2, 0.25) is 0 Å². The second kappa shape index (κ2) is 13.4. The third kappa shape index (κ3) is 13.4. The molecule has 0 saturated carbocycles. The molecule has 0 atom stereocenters. The molecule has 1 heteroatoms. The Kier molecular flexibility index (Phi) is 12.9. The van der Waals surface area contributed by atoms with Crippen LogP contribution in [0.5, 0.6) is 0 Å². The molecule has 0 aromatic heterocycles. The summed E-state index contributed by atoms with van der Waals surface area (Å²) in [5.41, 5.74) is 0. The summed E-state index contributed by atoms with van der Waals surface area (Å²) in [6, 6.07) is 0. The second-order valence-electron chi connectivity index (χ2n) is 3.83. The van der Waals surface area contributed by atoms with E-state index in [1.54, 1.807) is 0 Å². The highest BCUT2D eigenvalue weighted by atomic mass is 16.5. The molecule has 0 spiro atoms. The van der Waals surface area contributed by atoms with E-state index in [1.807, 2.05) is 12.2 Å². The van der Waals surface area contributed by atoms with E-state index in [0.29, 0.717) is 0 Å². The molecule has 0 N–H and O–H groups in total. The van der Waals surface area contributed by atoms with Crippen LogP contribution in [-0.2, 0) is 4.74 Å². The molecule has 0 aliphatic carbocycles. The molecule has 0 aliphatic rings. The van der Waals surface area contributed by atoms with Gasteiger partial charge in [0.05, 0.1) is 0 Å². The van der Waals surface area contributed by atoms with E-state index in [-0.39, 0.29) is 0 Å². The molecule has 0 aromatic rings. The van der Waals surface area contributed by atoms with Gasteiger partial charge in [-0.2, -0.15) is 0 Å². The Hall–Kier alpha value is -0.560. The third-order valence-electron chi connectivity index (χ3n) is 2.32. The molecule has 0 heterocycles. The lowest BCUT2D eigenvalue weighted by Crippen LogP contribution is -1.96. The average Bonchev–Trinajstić information content (AvgIpc) is 2.26. The maximum Gasteiger partial charge on any atom is 0.0466 e. The number of ether oxygens (including phenoxy) is 1. The van der Waals surface area contributed by atoms with Gasteiger partial charge in [-0.1, -0.05) is 51.0 Å². The summed E-state index contributed by atoms with van der Waals surface area (Å²) in [6.07, 6.45) is 14.7. The summed E-state index contributed by atoms with van der Waals surface area (Å²) in [7, 11) is 0. The first-order valence-electron chi connectivity index (χ1n) is 6.27. The fraction of sp³-hybridized carbons (Fsp3) is 0.714. The normalized spacial score (nSPS) is 11.0. The van der Waals surface area contributed by atoms with Crippen molar-refractivity contribution in [3.8, 4) is 0 Å². The van der Waals surface area contributed by atoms with Crippen molar-refractivity contribution in [3.63, 3.8) is 0 Å². The zero-order valence-corrected chi connectivity index (χ0v) is 10.2. The zero-order valence-electron chi connectivity index (χ0n) is 10.2. The predicted molar refractivity (Wildman–Crippen MR) is 68.1 cm³/mol. The van der Waals surface area contributed by atoms with Gasteiger partial charge in [0.25, 0.3) is 0 Å². The van der Waals surface area contributed by atoms with Crippen LogP contribution in [0.15, 0.2) is 24.8 Å². The average molecular weight is 210 g/mol. The van der Waals surface area contributed by atoms with Crippen LogP contribution >= 0.6 is 0 Å². The van der Waals surface area contributed by atoms with Crippen LogP contribution < -0.4 is 0 Å². The van der Waals surface area contributed by atoms with Crippen molar-refractivity contribution in [1.82, 2.24) is 0 Å². The van der Waals surface area contributed by atoms with E-state index in [2.05, 4.69) is 19.6 Å². The Bertz CT molecular complexity index is 149. The molecule has 15 heavy (non-hydrogen) atoms. The van der Waals surface area contributed by atoms with E-state index in [4.69, 9.17) is 4.74 Å². The van der Waals surface area contributed by atoms with E-state index >= 15 is 0 Å². The molecular weight excluding hydrogens is 184 g/mol. The van der Waals surface area contributed by atoms with Gasteiger partial charge in [0.2, 0.25) is 0 Å². The minimum Gasteiger partial charge on any atom is -0.381 e. The predicted octanol–water partition coefficient (Wildman–Crippen LogP) is 4.50. The number of hydrogen-bond donors (Lipinski definition) is 0. The minimum atomic E-state index is 0.925. The molecule has 0 radical (unpaired) electrons. The summed E-state index contributed by atoms with van der Waals surface area (Å²) in [5, 5.41) is 0. The lowest BCUT2D eigenvalue weighted by atomic mass is 10.2. The summed E-state index contributed by atoms with van der Waals surface area (Å²) < 4.78 is 5.54. The summed E-state index contributed by atoms with van der Waals surface area (Å²) in [4.78, 5) is 0. The Morgan fingerprint density at radius 3 is 2.40 bits per heavy atom. The van der Waals surface area contributed by atoms with Gasteiger partial charge in [-0.3, -0.25) is 0 Å². The van der Waals surface area contributed by atoms with Gasteiger partial charge in [-0.05, 0) is 25.7 Å². The first kappa shape index (κ1) is 14.4. The molecule has 0 amide bonds. The van der Waals surface area contributed by atoms with Crippen LogP contribution in [-0.4, -0.2) is 13.2 Å². The van der Waals surface area contributed by atoms with Crippen molar-refractivity contribution in [2.45, 2.75) is 51.9 Å². The largest absolute Gasteiger partial charge is 0.381 e. The topological polar surface area (TPSA) is 9.23 Å². The van der Waals surface area contributed by atoms with E-state index in [0.717, 1.165) is 19.6 Å². The highest BCUT2D eigenvalue weighted by Crippen LogP contribution is 2.01. The Balaban J connectivity index is 2.92. The molecule has 88 valence electrons. The van der Waals surface area contributed by atoms with Gasteiger partial charge in [-0.15, -0.1) is 0 Å². The summed E-state index contributed by atoms with van der Waals surface area (Å²) >= 11 is 0. The van der Waals surface area contributed by atoms with Crippen molar-refractivity contribution in [2.24, 2.45) is 0 Å². The maximum atomic E-state index is 5.54. The van der Waals surface area contributed by atoms with Gasteiger partial charge in [0.1, 0.15) is 0 Å². The zero-order chi connectivity index (χ0) is 11.2. The first-order chi connectivity index (χ1) is 7.41. The Labute approximate surface area is 95.2 Å². The lowest BCUT2D eigenvalue weighted by Gasteiger charge is -2.02. The monoisotopic (exact) mass is 210 g/mol. The SMILES string of the molecule is C=CC=CCCCCOCCCCCC. The van der Waals surface area contributed by atoms with Crippen molar-refractivity contribution >= 4 is 0 Å². The highest BCUT2D eigenvalue weighted by molar-refractivity contribution is 4.96. The highest BCUT2D eigenvalue weighted by Gasteiger charge is 1.90. The van der Waals surface area contributed by atoms with Crippen LogP contribution in [0.25, 0.3) is 0 Å². The molecule has 0 aliphatic heterocycles. The molecular formula is C14H26O. The number of allylic oxidation sites excluding steroid dienone is 3. The second-order valence-corrected chi connectivity index (χ2v) is 3.83. The molecule has 0 fully saturated rings. The summed E-state index contributed by atoms with van der Waals surface area (Å²) in [5.74, 6) is 0. The molecule has 0 unspecified atom stereocenters. The van der Waals surface area contributed by atoms with Gasteiger partial charge >= 0.3 is 0 Å². The number of hydrogen-bond acceptors (Lipinski definition) is 1. The minimum absolute atomic E-state index is 0.925. The van der Waals surface area contributed by atoms with E-state index in [9.17, 15) is 0 Å². The van der Waals surface area contributed by atoms with Crippen molar-refractivity contribution in [3.05, 3.63) is 24.8 Å². The van der Waals surface area contributed by atoms with Gasteiger partial charge < -0.3 is 4.74 Å². The third-order valence-corrected chi connectivity index (χ3v) is 2.32. The quantitative estimate of drug-likeness (QED) is 0.360. The van der Waals surface area contributed by atoms with Crippen LogP contribution in [0, 0.1) is 0 Å². The fourth-order valence-corrected chi connectivity index (χ4v) is 1.39. The van der Waals surface area contributed by atoms with Crippen molar-refractivity contribution in [1.29, 1.82) is 0 Å². The van der Waals surface area contributed by atoms with E-state index < -0.39 is 0 Å². The molecule has 0 aromatic carbocycles. The van der Waals surface area contributed by atoms with Crippen LogP contribution in [0.3, 0.4) is 0 Å². The Morgan fingerprint density at radius 1 is 1.00 bits per heavy atom. The summed E-state index contributed by atoms with van der Waals surface area (Å²) in [6.45, 7) is 7.74. The first-order valence-corrected chi connectivity index (χ1v) is 6.27. The maximum absolute atomic E-state index is 5.54.